The SMILES string of the molecule is CCOc1ccc(-c2n[nH]c(C(N)c3ccc(C)cc3)n2)cc1OC. The van der Waals surface area contributed by atoms with E-state index in [4.69, 9.17) is 15.2 Å². The van der Waals surface area contributed by atoms with Gasteiger partial charge in [-0.05, 0) is 37.6 Å². The number of nitrogens with zero attached hydrogens (tertiary/aromatic N) is 2. The molecule has 1 unspecified atom stereocenters. The van der Waals surface area contributed by atoms with Crippen LogP contribution in [-0.2, 0) is 0 Å². The Hall–Kier alpha value is -2.86. The van der Waals surface area contributed by atoms with Crippen molar-refractivity contribution < 1.29 is 9.47 Å². The van der Waals surface area contributed by atoms with Crippen molar-refractivity contribution >= 4 is 0 Å². The Morgan fingerprint density at radius 1 is 1.12 bits per heavy atom. The van der Waals surface area contributed by atoms with E-state index in [1.807, 2.05) is 56.3 Å². The maximum absolute atomic E-state index is 6.30. The zero-order valence-electron chi connectivity index (χ0n) is 14.6. The number of hydrogen-bond donors (Lipinski definition) is 2. The molecule has 0 aliphatic heterocycles. The molecule has 25 heavy (non-hydrogen) atoms. The molecular weight excluding hydrogens is 316 g/mol. The summed E-state index contributed by atoms with van der Waals surface area (Å²) in [5, 5.41) is 7.23. The van der Waals surface area contributed by atoms with Crippen molar-refractivity contribution in [3.8, 4) is 22.9 Å². The smallest absolute Gasteiger partial charge is 0.181 e. The van der Waals surface area contributed by atoms with Crippen LogP contribution < -0.4 is 15.2 Å². The van der Waals surface area contributed by atoms with Gasteiger partial charge < -0.3 is 15.2 Å². The molecule has 6 heteroatoms. The minimum atomic E-state index is -0.355. The van der Waals surface area contributed by atoms with Gasteiger partial charge in [-0.3, -0.25) is 5.10 Å². The van der Waals surface area contributed by atoms with E-state index in [0.29, 0.717) is 29.8 Å². The van der Waals surface area contributed by atoms with Crippen molar-refractivity contribution in [2.24, 2.45) is 5.73 Å². The maximum atomic E-state index is 6.30. The molecule has 130 valence electrons. The highest BCUT2D eigenvalue weighted by atomic mass is 16.5. The summed E-state index contributed by atoms with van der Waals surface area (Å²) in [6.07, 6.45) is 0. The molecule has 0 saturated heterocycles. The molecule has 0 bridgehead atoms. The summed E-state index contributed by atoms with van der Waals surface area (Å²) in [4.78, 5) is 4.54. The summed E-state index contributed by atoms with van der Waals surface area (Å²) in [5.41, 5.74) is 9.31. The topological polar surface area (TPSA) is 86.0 Å². The van der Waals surface area contributed by atoms with Gasteiger partial charge in [-0.15, -0.1) is 0 Å². The largest absolute Gasteiger partial charge is 0.493 e. The molecular formula is C19H22N4O2. The maximum Gasteiger partial charge on any atom is 0.181 e. The van der Waals surface area contributed by atoms with Gasteiger partial charge in [-0.1, -0.05) is 29.8 Å². The van der Waals surface area contributed by atoms with Crippen LogP contribution in [0.5, 0.6) is 11.5 Å². The van der Waals surface area contributed by atoms with Crippen molar-refractivity contribution in [2.75, 3.05) is 13.7 Å². The molecule has 0 spiro atoms. The van der Waals surface area contributed by atoms with Crippen LogP contribution in [0.25, 0.3) is 11.4 Å². The Bertz CT molecular complexity index is 843. The predicted molar refractivity (Wildman–Crippen MR) is 96.7 cm³/mol. The molecule has 1 heterocycles. The van der Waals surface area contributed by atoms with E-state index in [-0.39, 0.29) is 6.04 Å². The molecule has 3 aromatic rings. The van der Waals surface area contributed by atoms with Crippen molar-refractivity contribution in [1.82, 2.24) is 15.2 Å². The van der Waals surface area contributed by atoms with E-state index in [0.717, 1.165) is 11.1 Å². The average Bonchev–Trinajstić information content (AvgIpc) is 3.12. The summed E-state index contributed by atoms with van der Waals surface area (Å²) in [7, 11) is 1.61. The Morgan fingerprint density at radius 2 is 1.88 bits per heavy atom. The van der Waals surface area contributed by atoms with Gasteiger partial charge in [0.15, 0.2) is 17.3 Å². The number of aryl methyl sites for hydroxylation is 1. The van der Waals surface area contributed by atoms with E-state index in [1.165, 1.54) is 5.56 Å². The lowest BCUT2D eigenvalue weighted by Crippen LogP contribution is -2.13. The molecule has 2 aromatic carbocycles. The monoisotopic (exact) mass is 338 g/mol. The first-order valence-corrected chi connectivity index (χ1v) is 8.18. The molecule has 6 nitrogen and oxygen atoms in total. The Balaban J connectivity index is 1.87. The van der Waals surface area contributed by atoms with Gasteiger partial charge in [0.25, 0.3) is 0 Å². The first-order chi connectivity index (χ1) is 12.1. The number of methoxy groups -OCH3 is 1. The van der Waals surface area contributed by atoms with Crippen LogP contribution in [0.3, 0.4) is 0 Å². The molecule has 0 fully saturated rings. The number of nitrogens with one attached hydrogen (secondary N) is 1. The fraction of sp³-hybridized carbons (Fsp3) is 0.263. The predicted octanol–water partition coefficient (Wildman–Crippen LogP) is 3.24. The standard InChI is InChI=1S/C19H22N4O2/c1-4-25-15-10-9-14(11-16(15)24-3)18-21-19(23-22-18)17(20)13-7-5-12(2)6-8-13/h5-11,17H,4,20H2,1-3H3,(H,21,22,23). The second-order valence-corrected chi connectivity index (χ2v) is 5.73. The quantitative estimate of drug-likeness (QED) is 0.720. The summed E-state index contributed by atoms with van der Waals surface area (Å²) < 4.78 is 10.9. The molecule has 3 N–H and O–H groups in total. The summed E-state index contributed by atoms with van der Waals surface area (Å²) in [6.45, 7) is 4.55. The number of rotatable bonds is 6. The fourth-order valence-electron chi connectivity index (χ4n) is 2.56. The normalized spacial score (nSPS) is 12.0. The second kappa shape index (κ2) is 7.36. The van der Waals surface area contributed by atoms with E-state index in [2.05, 4.69) is 15.2 Å². The van der Waals surface area contributed by atoms with Gasteiger partial charge >= 0.3 is 0 Å². The van der Waals surface area contributed by atoms with Crippen LogP contribution in [0, 0.1) is 6.92 Å². The first kappa shape index (κ1) is 17.0. The summed E-state index contributed by atoms with van der Waals surface area (Å²) in [5.74, 6) is 2.53. The van der Waals surface area contributed by atoms with Crippen LogP contribution in [-0.4, -0.2) is 28.9 Å². The van der Waals surface area contributed by atoms with Gasteiger partial charge in [0, 0.05) is 5.56 Å². The van der Waals surface area contributed by atoms with E-state index < -0.39 is 0 Å². The highest BCUT2D eigenvalue weighted by Crippen LogP contribution is 2.31. The molecule has 0 amide bonds. The summed E-state index contributed by atoms with van der Waals surface area (Å²) >= 11 is 0. The highest BCUT2D eigenvalue weighted by molar-refractivity contribution is 5.61. The summed E-state index contributed by atoms with van der Waals surface area (Å²) in [6, 6.07) is 13.3. The molecule has 1 aromatic heterocycles. The third-order valence-corrected chi connectivity index (χ3v) is 3.96. The van der Waals surface area contributed by atoms with Gasteiger partial charge in [0.1, 0.15) is 5.82 Å². The number of ether oxygens (including phenoxy) is 2. The van der Waals surface area contributed by atoms with Crippen LogP contribution >= 0.6 is 0 Å². The van der Waals surface area contributed by atoms with Crippen molar-refractivity contribution in [3.05, 3.63) is 59.4 Å². The lowest BCUT2D eigenvalue weighted by Gasteiger charge is -2.10. The van der Waals surface area contributed by atoms with Gasteiger partial charge in [0.05, 0.1) is 19.8 Å². The number of aromatic nitrogens is 3. The lowest BCUT2D eigenvalue weighted by atomic mass is 10.1. The molecule has 0 aliphatic rings. The highest BCUT2D eigenvalue weighted by Gasteiger charge is 2.16. The fourth-order valence-corrected chi connectivity index (χ4v) is 2.56. The first-order valence-electron chi connectivity index (χ1n) is 8.18. The number of H-pyrrole nitrogens is 1. The van der Waals surface area contributed by atoms with E-state index in [1.54, 1.807) is 7.11 Å². The van der Waals surface area contributed by atoms with Gasteiger partial charge in [-0.25, -0.2) is 4.98 Å². The lowest BCUT2D eigenvalue weighted by molar-refractivity contribution is 0.311. The van der Waals surface area contributed by atoms with Crippen LogP contribution in [0.4, 0.5) is 0 Å². The molecule has 0 radical (unpaired) electrons. The number of hydrogen-bond acceptors (Lipinski definition) is 5. The minimum absolute atomic E-state index is 0.355. The Labute approximate surface area is 147 Å². The number of aromatic amines is 1. The van der Waals surface area contributed by atoms with E-state index in [9.17, 15) is 0 Å². The molecule has 0 saturated carbocycles. The zero-order chi connectivity index (χ0) is 17.8. The second-order valence-electron chi connectivity index (χ2n) is 5.73. The number of benzene rings is 2. The molecule has 0 aliphatic carbocycles. The van der Waals surface area contributed by atoms with Crippen molar-refractivity contribution in [2.45, 2.75) is 19.9 Å². The Morgan fingerprint density at radius 3 is 2.56 bits per heavy atom. The van der Waals surface area contributed by atoms with Crippen LogP contribution in [0.15, 0.2) is 42.5 Å². The third kappa shape index (κ3) is 3.64. The van der Waals surface area contributed by atoms with Crippen LogP contribution in [0.1, 0.15) is 29.9 Å². The van der Waals surface area contributed by atoms with Crippen LogP contribution in [0.2, 0.25) is 0 Å². The molecule has 1 atom stereocenters. The van der Waals surface area contributed by atoms with Crippen molar-refractivity contribution in [1.29, 1.82) is 0 Å². The third-order valence-electron chi connectivity index (χ3n) is 3.96. The number of nitrogens with two attached hydrogens (primary N) is 1. The van der Waals surface area contributed by atoms with E-state index >= 15 is 0 Å². The van der Waals surface area contributed by atoms with Gasteiger partial charge in [0.2, 0.25) is 0 Å². The zero-order valence-corrected chi connectivity index (χ0v) is 14.6. The van der Waals surface area contributed by atoms with Gasteiger partial charge in [-0.2, -0.15) is 5.10 Å². The minimum Gasteiger partial charge on any atom is -0.493 e. The Kier molecular flexibility index (Phi) is 5.00. The molecule has 3 rings (SSSR count). The van der Waals surface area contributed by atoms with Crippen molar-refractivity contribution in [3.63, 3.8) is 0 Å². The average molecular weight is 338 g/mol.